The molecule has 0 saturated heterocycles. The van der Waals surface area contributed by atoms with E-state index in [0.29, 0.717) is 25.3 Å². The van der Waals surface area contributed by atoms with Crippen molar-refractivity contribution in [2.75, 3.05) is 13.2 Å². The van der Waals surface area contributed by atoms with E-state index in [0.717, 1.165) is 6.07 Å². The molecule has 0 unspecified atom stereocenters. The standard InChI is InChI=1S/C12H17FN2O3/c1-9(2)18-4-3-14-8-10-5-11(13)7-12(6-10)15(16)17/h5-7,9,14H,3-4,8H2,1-2H3. The zero-order valence-corrected chi connectivity index (χ0v) is 10.5. The van der Waals surface area contributed by atoms with Crippen molar-refractivity contribution in [1.29, 1.82) is 0 Å². The second kappa shape index (κ2) is 7.03. The lowest BCUT2D eigenvalue weighted by Crippen LogP contribution is -2.21. The number of benzene rings is 1. The van der Waals surface area contributed by atoms with Gasteiger partial charge in [0.05, 0.1) is 23.7 Å². The number of nitro benzene ring substituents is 1. The van der Waals surface area contributed by atoms with Crippen molar-refractivity contribution in [1.82, 2.24) is 5.32 Å². The van der Waals surface area contributed by atoms with Gasteiger partial charge in [0.1, 0.15) is 5.82 Å². The number of ether oxygens (including phenoxy) is 1. The summed E-state index contributed by atoms with van der Waals surface area (Å²) in [7, 11) is 0. The van der Waals surface area contributed by atoms with Crippen LogP contribution >= 0.6 is 0 Å². The first kappa shape index (κ1) is 14.5. The van der Waals surface area contributed by atoms with Crippen LogP contribution in [0.5, 0.6) is 0 Å². The van der Waals surface area contributed by atoms with E-state index < -0.39 is 10.7 Å². The van der Waals surface area contributed by atoms with Crippen LogP contribution in [0.1, 0.15) is 19.4 Å². The molecule has 0 amide bonds. The Hall–Kier alpha value is -1.53. The summed E-state index contributed by atoms with van der Waals surface area (Å²) >= 11 is 0. The number of nitrogens with zero attached hydrogens (tertiary/aromatic N) is 1. The van der Waals surface area contributed by atoms with Gasteiger partial charge in [0.15, 0.2) is 0 Å². The van der Waals surface area contributed by atoms with Crippen molar-refractivity contribution >= 4 is 5.69 Å². The van der Waals surface area contributed by atoms with Crippen molar-refractivity contribution in [2.24, 2.45) is 0 Å². The summed E-state index contributed by atoms with van der Waals surface area (Å²) in [4.78, 5) is 9.95. The van der Waals surface area contributed by atoms with Gasteiger partial charge in [0, 0.05) is 19.2 Å². The fourth-order valence-electron chi connectivity index (χ4n) is 1.44. The number of nitro groups is 1. The van der Waals surface area contributed by atoms with E-state index in [9.17, 15) is 14.5 Å². The Balaban J connectivity index is 2.44. The summed E-state index contributed by atoms with van der Waals surface area (Å²) in [5.41, 5.74) is 0.316. The highest BCUT2D eigenvalue weighted by molar-refractivity contribution is 5.35. The highest BCUT2D eigenvalue weighted by Crippen LogP contribution is 2.15. The molecule has 0 radical (unpaired) electrons. The Morgan fingerprint density at radius 3 is 2.78 bits per heavy atom. The van der Waals surface area contributed by atoms with Gasteiger partial charge in [-0.15, -0.1) is 0 Å². The number of rotatable bonds is 7. The molecule has 0 fully saturated rings. The van der Waals surface area contributed by atoms with Crippen LogP contribution in [0.3, 0.4) is 0 Å². The molecule has 0 spiro atoms. The van der Waals surface area contributed by atoms with Crippen molar-refractivity contribution < 1.29 is 14.1 Å². The molecule has 0 saturated carbocycles. The number of hydrogen-bond donors (Lipinski definition) is 1. The predicted octanol–water partition coefficient (Wildman–Crippen LogP) is 2.25. The summed E-state index contributed by atoms with van der Waals surface area (Å²) in [6.45, 7) is 5.42. The average Bonchev–Trinajstić information content (AvgIpc) is 2.27. The van der Waals surface area contributed by atoms with E-state index in [1.54, 1.807) is 0 Å². The van der Waals surface area contributed by atoms with Crippen LogP contribution in [-0.4, -0.2) is 24.2 Å². The van der Waals surface area contributed by atoms with Crippen molar-refractivity contribution in [2.45, 2.75) is 26.5 Å². The zero-order chi connectivity index (χ0) is 13.5. The minimum atomic E-state index is -0.603. The molecule has 5 nitrogen and oxygen atoms in total. The maximum Gasteiger partial charge on any atom is 0.272 e. The van der Waals surface area contributed by atoms with Gasteiger partial charge in [0.2, 0.25) is 0 Å². The van der Waals surface area contributed by atoms with Gasteiger partial charge >= 0.3 is 0 Å². The second-order valence-electron chi connectivity index (χ2n) is 4.17. The highest BCUT2D eigenvalue weighted by Gasteiger charge is 2.09. The molecule has 1 rings (SSSR count). The fraction of sp³-hybridized carbons (Fsp3) is 0.500. The molecule has 0 bridgehead atoms. The smallest absolute Gasteiger partial charge is 0.272 e. The first-order valence-electron chi connectivity index (χ1n) is 5.75. The van der Waals surface area contributed by atoms with E-state index in [1.807, 2.05) is 13.8 Å². The second-order valence-corrected chi connectivity index (χ2v) is 4.17. The first-order valence-corrected chi connectivity index (χ1v) is 5.75. The van der Waals surface area contributed by atoms with Crippen molar-refractivity contribution in [3.05, 3.63) is 39.7 Å². The summed E-state index contributed by atoms with van der Waals surface area (Å²) in [6, 6.07) is 3.55. The lowest BCUT2D eigenvalue weighted by atomic mass is 10.2. The van der Waals surface area contributed by atoms with Gasteiger partial charge in [-0.1, -0.05) is 0 Å². The molecule has 0 aliphatic carbocycles. The van der Waals surface area contributed by atoms with Gasteiger partial charge in [-0.25, -0.2) is 4.39 Å². The Labute approximate surface area is 105 Å². The number of halogens is 1. The molecular weight excluding hydrogens is 239 g/mol. The molecule has 0 aliphatic heterocycles. The third kappa shape index (κ3) is 5.20. The van der Waals surface area contributed by atoms with Gasteiger partial charge in [-0.3, -0.25) is 10.1 Å². The van der Waals surface area contributed by atoms with E-state index in [4.69, 9.17) is 4.74 Å². The summed E-state index contributed by atoms with van der Waals surface area (Å²) in [6.07, 6.45) is 0.169. The molecular formula is C12H17FN2O3. The lowest BCUT2D eigenvalue weighted by Gasteiger charge is -2.08. The van der Waals surface area contributed by atoms with Gasteiger partial charge in [0.25, 0.3) is 5.69 Å². The Morgan fingerprint density at radius 1 is 1.44 bits per heavy atom. The molecule has 1 aromatic carbocycles. The van der Waals surface area contributed by atoms with Crippen molar-refractivity contribution in [3.63, 3.8) is 0 Å². The molecule has 1 aromatic rings. The molecule has 0 aliphatic rings. The maximum absolute atomic E-state index is 13.1. The number of hydrogen-bond acceptors (Lipinski definition) is 4. The van der Waals surface area contributed by atoms with E-state index >= 15 is 0 Å². The van der Waals surface area contributed by atoms with E-state index in [2.05, 4.69) is 5.32 Å². The highest BCUT2D eigenvalue weighted by atomic mass is 19.1. The van der Waals surface area contributed by atoms with Gasteiger partial charge < -0.3 is 10.1 Å². The summed E-state index contributed by atoms with van der Waals surface area (Å²) < 4.78 is 18.4. The number of nitrogens with one attached hydrogen (secondary N) is 1. The SMILES string of the molecule is CC(C)OCCNCc1cc(F)cc([N+](=O)[O-])c1. The molecule has 0 aromatic heterocycles. The molecule has 18 heavy (non-hydrogen) atoms. The average molecular weight is 256 g/mol. The third-order valence-electron chi connectivity index (χ3n) is 2.21. The normalized spacial score (nSPS) is 10.9. The topological polar surface area (TPSA) is 64.4 Å². The Bertz CT molecular complexity index is 410. The third-order valence-corrected chi connectivity index (χ3v) is 2.21. The van der Waals surface area contributed by atoms with Crippen LogP contribution in [0, 0.1) is 15.9 Å². The largest absolute Gasteiger partial charge is 0.377 e. The molecule has 1 N–H and O–H groups in total. The summed E-state index contributed by atoms with van der Waals surface area (Å²) in [5, 5.41) is 13.6. The number of non-ortho nitro benzene ring substituents is 1. The molecule has 0 heterocycles. The monoisotopic (exact) mass is 256 g/mol. The Morgan fingerprint density at radius 2 is 2.17 bits per heavy atom. The summed E-state index contributed by atoms with van der Waals surface area (Å²) in [5.74, 6) is -0.598. The first-order chi connectivity index (χ1) is 8.49. The van der Waals surface area contributed by atoms with E-state index in [-0.39, 0.29) is 11.8 Å². The molecule has 0 atom stereocenters. The van der Waals surface area contributed by atoms with Crippen LogP contribution in [0.15, 0.2) is 18.2 Å². The van der Waals surface area contributed by atoms with Crippen molar-refractivity contribution in [3.8, 4) is 0 Å². The fourth-order valence-corrected chi connectivity index (χ4v) is 1.44. The van der Waals surface area contributed by atoms with Crippen LogP contribution < -0.4 is 5.32 Å². The minimum absolute atomic E-state index is 0.169. The van der Waals surface area contributed by atoms with Gasteiger partial charge in [-0.2, -0.15) is 0 Å². The zero-order valence-electron chi connectivity index (χ0n) is 10.5. The molecule has 100 valence electrons. The predicted molar refractivity (Wildman–Crippen MR) is 65.8 cm³/mol. The molecule has 6 heteroatoms. The van der Waals surface area contributed by atoms with Crippen LogP contribution in [0.2, 0.25) is 0 Å². The van der Waals surface area contributed by atoms with Crippen LogP contribution in [-0.2, 0) is 11.3 Å². The van der Waals surface area contributed by atoms with Crippen LogP contribution in [0.4, 0.5) is 10.1 Å². The van der Waals surface area contributed by atoms with Gasteiger partial charge in [-0.05, 0) is 25.5 Å². The van der Waals surface area contributed by atoms with Crippen LogP contribution in [0.25, 0.3) is 0 Å². The van der Waals surface area contributed by atoms with E-state index in [1.165, 1.54) is 12.1 Å². The quantitative estimate of drug-likeness (QED) is 0.461. The minimum Gasteiger partial charge on any atom is -0.377 e. The maximum atomic E-state index is 13.1. The lowest BCUT2D eigenvalue weighted by molar-refractivity contribution is -0.385. The Kier molecular flexibility index (Phi) is 5.67.